The van der Waals surface area contributed by atoms with Crippen LogP contribution in [0.4, 0.5) is 0 Å². The number of carboxylic acid groups (broad SMARTS) is 1. The Labute approximate surface area is 112 Å². The third kappa shape index (κ3) is 10.3. The van der Waals surface area contributed by atoms with Crippen molar-refractivity contribution in [2.75, 3.05) is 6.54 Å². The maximum Gasteiger partial charge on any atom is 0.306 e. The Kier molecular flexibility index (Phi) is 10.8. The zero-order valence-corrected chi connectivity index (χ0v) is 12.0. The van der Waals surface area contributed by atoms with Crippen LogP contribution in [-0.2, 0) is 4.79 Å². The SMILES string of the molecule is C=CCCCCCNC(C)CCCC(C)C(=O)O. The van der Waals surface area contributed by atoms with Gasteiger partial charge in [0.2, 0.25) is 0 Å². The number of allylic oxidation sites excluding steroid dienone is 1. The first-order valence-electron chi connectivity index (χ1n) is 7.15. The van der Waals surface area contributed by atoms with Crippen LogP contribution >= 0.6 is 0 Å². The molecule has 3 nitrogen and oxygen atoms in total. The molecule has 0 aromatic carbocycles. The average Bonchev–Trinajstić information content (AvgIpc) is 2.33. The summed E-state index contributed by atoms with van der Waals surface area (Å²) in [6.07, 6.45) is 9.60. The van der Waals surface area contributed by atoms with Crippen molar-refractivity contribution in [3.8, 4) is 0 Å². The summed E-state index contributed by atoms with van der Waals surface area (Å²) in [5.74, 6) is -0.895. The minimum atomic E-state index is -0.683. The summed E-state index contributed by atoms with van der Waals surface area (Å²) >= 11 is 0. The summed E-state index contributed by atoms with van der Waals surface area (Å²) in [6, 6.07) is 0.491. The van der Waals surface area contributed by atoms with E-state index >= 15 is 0 Å². The van der Waals surface area contributed by atoms with Gasteiger partial charge in [-0.3, -0.25) is 4.79 Å². The third-order valence-electron chi connectivity index (χ3n) is 3.27. The fraction of sp³-hybridized carbons (Fsp3) is 0.800. The Balaban J connectivity index is 3.34. The van der Waals surface area contributed by atoms with E-state index in [0.29, 0.717) is 6.04 Å². The van der Waals surface area contributed by atoms with E-state index in [1.807, 2.05) is 6.08 Å². The normalized spacial score (nSPS) is 14.1. The van der Waals surface area contributed by atoms with E-state index in [-0.39, 0.29) is 5.92 Å². The third-order valence-corrected chi connectivity index (χ3v) is 3.27. The first-order valence-corrected chi connectivity index (χ1v) is 7.15. The number of hydrogen-bond donors (Lipinski definition) is 2. The monoisotopic (exact) mass is 255 g/mol. The standard InChI is InChI=1S/C15H29NO2/c1-4-5-6-7-8-12-16-14(3)11-9-10-13(2)15(17)18/h4,13-14,16H,1,5-12H2,2-3H3,(H,17,18). The molecule has 106 valence electrons. The molecule has 2 N–H and O–H groups in total. The van der Waals surface area contributed by atoms with Gasteiger partial charge in [0, 0.05) is 6.04 Å². The number of hydrogen-bond acceptors (Lipinski definition) is 2. The van der Waals surface area contributed by atoms with E-state index < -0.39 is 5.97 Å². The van der Waals surface area contributed by atoms with Crippen LogP contribution in [0.2, 0.25) is 0 Å². The maximum absolute atomic E-state index is 10.6. The van der Waals surface area contributed by atoms with E-state index in [9.17, 15) is 4.79 Å². The summed E-state index contributed by atoms with van der Waals surface area (Å²) in [7, 11) is 0. The average molecular weight is 255 g/mol. The van der Waals surface area contributed by atoms with Crippen LogP contribution in [0, 0.1) is 5.92 Å². The van der Waals surface area contributed by atoms with Crippen molar-refractivity contribution in [1.29, 1.82) is 0 Å². The zero-order chi connectivity index (χ0) is 13.8. The maximum atomic E-state index is 10.6. The molecule has 18 heavy (non-hydrogen) atoms. The second-order valence-electron chi connectivity index (χ2n) is 5.16. The van der Waals surface area contributed by atoms with E-state index in [0.717, 1.165) is 32.2 Å². The summed E-state index contributed by atoms with van der Waals surface area (Å²) < 4.78 is 0. The molecule has 0 radical (unpaired) electrons. The minimum Gasteiger partial charge on any atom is -0.481 e. The lowest BCUT2D eigenvalue weighted by Crippen LogP contribution is -2.27. The quantitative estimate of drug-likeness (QED) is 0.414. The second-order valence-corrected chi connectivity index (χ2v) is 5.16. The van der Waals surface area contributed by atoms with Gasteiger partial charge in [-0.1, -0.05) is 25.8 Å². The van der Waals surface area contributed by atoms with Gasteiger partial charge in [-0.2, -0.15) is 0 Å². The van der Waals surface area contributed by atoms with Crippen LogP contribution < -0.4 is 5.32 Å². The van der Waals surface area contributed by atoms with E-state index in [1.54, 1.807) is 6.92 Å². The topological polar surface area (TPSA) is 49.3 Å². The van der Waals surface area contributed by atoms with Crippen LogP contribution in [0.5, 0.6) is 0 Å². The second kappa shape index (κ2) is 11.3. The Morgan fingerprint density at radius 3 is 2.56 bits per heavy atom. The molecule has 2 unspecified atom stereocenters. The molecule has 0 saturated carbocycles. The molecule has 0 aliphatic heterocycles. The highest BCUT2D eigenvalue weighted by Crippen LogP contribution is 2.09. The van der Waals surface area contributed by atoms with Gasteiger partial charge in [0.05, 0.1) is 5.92 Å². The smallest absolute Gasteiger partial charge is 0.306 e. The highest BCUT2D eigenvalue weighted by Gasteiger charge is 2.10. The summed E-state index contributed by atoms with van der Waals surface area (Å²) in [6.45, 7) is 8.73. The highest BCUT2D eigenvalue weighted by molar-refractivity contribution is 5.69. The number of rotatable bonds is 12. The predicted molar refractivity (Wildman–Crippen MR) is 76.8 cm³/mol. The number of nitrogens with one attached hydrogen (secondary N) is 1. The van der Waals surface area contributed by atoms with Gasteiger partial charge in [-0.05, 0) is 45.6 Å². The van der Waals surface area contributed by atoms with Crippen LogP contribution in [-0.4, -0.2) is 23.7 Å². The lowest BCUT2D eigenvalue weighted by atomic mass is 10.0. The Bertz CT molecular complexity index is 229. The van der Waals surface area contributed by atoms with Crippen molar-refractivity contribution in [2.24, 2.45) is 5.92 Å². The van der Waals surface area contributed by atoms with Crippen LogP contribution in [0.3, 0.4) is 0 Å². The molecule has 0 aromatic heterocycles. The van der Waals surface area contributed by atoms with Crippen molar-refractivity contribution in [3.05, 3.63) is 12.7 Å². The van der Waals surface area contributed by atoms with Crippen molar-refractivity contribution in [1.82, 2.24) is 5.32 Å². The minimum absolute atomic E-state index is 0.212. The largest absolute Gasteiger partial charge is 0.481 e. The first-order chi connectivity index (χ1) is 8.57. The molecule has 0 fully saturated rings. The lowest BCUT2D eigenvalue weighted by Gasteiger charge is -2.14. The Morgan fingerprint density at radius 2 is 1.94 bits per heavy atom. The molecular formula is C15H29NO2. The van der Waals surface area contributed by atoms with Crippen LogP contribution in [0.25, 0.3) is 0 Å². The molecule has 0 amide bonds. The van der Waals surface area contributed by atoms with Gasteiger partial charge in [-0.25, -0.2) is 0 Å². The molecule has 0 aliphatic carbocycles. The fourth-order valence-corrected chi connectivity index (χ4v) is 1.89. The van der Waals surface area contributed by atoms with Crippen molar-refractivity contribution >= 4 is 5.97 Å². The van der Waals surface area contributed by atoms with Gasteiger partial charge in [0.15, 0.2) is 0 Å². The molecule has 0 aliphatic rings. The number of carboxylic acids is 1. The van der Waals surface area contributed by atoms with E-state index in [1.165, 1.54) is 19.3 Å². The van der Waals surface area contributed by atoms with E-state index in [4.69, 9.17) is 5.11 Å². The summed E-state index contributed by atoms with van der Waals surface area (Å²) in [4.78, 5) is 10.6. The predicted octanol–water partition coefficient (Wildman–Crippen LogP) is 3.60. The number of aliphatic carboxylic acids is 1. The lowest BCUT2D eigenvalue weighted by molar-refractivity contribution is -0.141. The molecule has 3 heteroatoms. The molecule has 0 spiro atoms. The molecule has 0 bridgehead atoms. The highest BCUT2D eigenvalue weighted by atomic mass is 16.4. The molecule has 0 saturated heterocycles. The van der Waals surface area contributed by atoms with Crippen molar-refractivity contribution in [3.63, 3.8) is 0 Å². The molecule has 0 heterocycles. The van der Waals surface area contributed by atoms with Gasteiger partial charge >= 0.3 is 5.97 Å². The molecule has 0 aromatic rings. The first kappa shape index (κ1) is 17.2. The molecule has 2 atom stereocenters. The zero-order valence-electron chi connectivity index (χ0n) is 12.0. The molecular weight excluding hydrogens is 226 g/mol. The molecule has 0 rings (SSSR count). The van der Waals surface area contributed by atoms with Gasteiger partial charge in [0.1, 0.15) is 0 Å². The van der Waals surface area contributed by atoms with Gasteiger partial charge in [0.25, 0.3) is 0 Å². The number of unbranched alkanes of at least 4 members (excludes halogenated alkanes) is 3. The summed E-state index contributed by atoms with van der Waals surface area (Å²) in [5.41, 5.74) is 0. The Hall–Kier alpha value is -0.830. The summed E-state index contributed by atoms with van der Waals surface area (Å²) in [5, 5.41) is 12.3. The van der Waals surface area contributed by atoms with Crippen molar-refractivity contribution < 1.29 is 9.90 Å². The van der Waals surface area contributed by atoms with Crippen LogP contribution in [0.1, 0.15) is 58.8 Å². The van der Waals surface area contributed by atoms with Gasteiger partial charge < -0.3 is 10.4 Å². The Morgan fingerprint density at radius 1 is 1.22 bits per heavy atom. The van der Waals surface area contributed by atoms with Gasteiger partial charge in [-0.15, -0.1) is 6.58 Å². The van der Waals surface area contributed by atoms with E-state index in [2.05, 4.69) is 18.8 Å². The van der Waals surface area contributed by atoms with Crippen molar-refractivity contribution in [2.45, 2.75) is 64.8 Å². The van der Waals surface area contributed by atoms with Crippen LogP contribution in [0.15, 0.2) is 12.7 Å². The number of carbonyl (C=O) groups is 1. The fourth-order valence-electron chi connectivity index (χ4n) is 1.89.